The molecule has 0 aliphatic carbocycles. The smallest absolute Gasteiger partial charge is 0.245 e. The molecule has 2 rings (SSSR count). The summed E-state index contributed by atoms with van der Waals surface area (Å²) in [6.07, 6.45) is 1.71. The van der Waals surface area contributed by atoms with E-state index in [-0.39, 0.29) is 35.2 Å². The Labute approximate surface area is 165 Å². The van der Waals surface area contributed by atoms with E-state index in [9.17, 15) is 13.2 Å². The summed E-state index contributed by atoms with van der Waals surface area (Å²) in [5.74, 6) is 0.772. The number of hydrogen-bond acceptors (Lipinski definition) is 6. The van der Waals surface area contributed by atoms with Crippen molar-refractivity contribution >= 4 is 15.9 Å². The minimum absolute atomic E-state index is 0.0100. The van der Waals surface area contributed by atoms with E-state index in [0.29, 0.717) is 13.2 Å². The highest BCUT2D eigenvalue weighted by atomic mass is 32.2. The number of benzene rings is 1. The summed E-state index contributed by atoms with van der Waals surface area (Å²) in [5.41, 5.74) is 1.23. The molecule has 0 aliphatic heterocycles. The van der Waals surface area contributed by atoms with Gasteiger partial charge in [-0.3, -0.25) is 4.79 Å². The first kappa shape index (κ1) is 21.6. The van der Waals surface area contributed by atoms with Crippen LogP contribution in [-0.4, -0.2) is 44.6 Å². The molecule has 0 fully saturated rings. The number of sulfonamides is 1. The molecule has 152 valence electrons. The van der Waals surface area contributed by atoms with Crippen molar-refractivity contribution in [1.82, 2.24) is 14.8 Å². The first-order valence-electron chi connectivity index (χ1n) is 8.73. The van der Waals surface area contributed by atoms with E-state index in [1.165, 1.54) is 6.92 Å². The number of carbonyl (C=O) groups excluding carboxylic acids is 1. The van der Waals surface area contributed by atoms with Crippen LogP contribution in [0.5, 0.6) is 5.75 Å². The maximum atomic E-state index is 12.3. The van der Waals surface area contributed by atoms with E-state index in [1.54, 1.807) is 24.9 Å². The molecule has 0 saturated carbocycles. The standard InChI is InChI=1S/C19H25N3O5S/c1-5-12-26-17-8-6-16(7-9-17)13-22(4)18(23)10-11-20-28(24,25)19-14(2)21-27-15(19)3/h5-9,20H,1,10-13H2,2-4H3. The molecule has 28 heavy (non-hydrogen) atoms. The zero-order valence-electron chi connectivity index (χ0n) is 16.3. The lowest BCUT2D eigenvalue weighted by Gasteiger charge is -2.17. The first-order valence-corrected chi connectivity index (χ1v) is 10.2. The SMILES string of the molecule is C=CCOc1ccc(CN(C)C(=O)CCNS(=O)(=O)c2c(C)noc2C)cc1. The monoisotopic (exact) mass is 407 g/mol. The topological polar surface area (TPSA) is 102 Å². The Morgan fingerprint density at radius 3 is 2.57 bits per heavy atom. The summed E-state index contributed by atoms with van der Waals surface area (Å²) in [7, 11) is -2.10. The van der Waals surface area contributed by atoms with Crippen LogP contribution in [0.15, 0.2) is 46.3 Å². The second-order valence-electron chi connectivity index (χ2n) is 6.29. The third-order valence-corrected chi connectivity index (χ3v) is 5.71. The van der Waals surface area contributed by atoms with Crippen LogP contribution in [0.25, 0.3) is 0 Å². The van der Waals surface area contributed by atoms with Crippen molar-refractivity contribution in [2.45, 2.75) is 31.7 Å². The van der Waals surface area contributed by atoms with Crippen LogP contribution in [-0.2, 0) is 21.4 Å². The molecule has 1 heterocycles. The number of nitrogens with zero attached hydrogens (tertiary/aromatic N) is 2. The fraction of sp³-hybridized carbons (Fsp3) is 0.368. The zero-order valence-corrected chi connectivity index (χ0v) is 17.1. The number of aromatic nitrogens is 1. The van der Waals surface area contributed by atoms with Crippen molar-refractivity contribution in [1.29, 1.82) is 0 Å². The molecule has 0 bridgehead atoms. The lowest BCUT2D eigenvalue weighted by molar-refractivity contribution is -0.130. The number of aryl methyl sites for hydroxylation is 2. The molecule has 0 spiro atoms. The van der Waals surface area contributed by atoms with E-state index < -0.39 is 10.0 Å². The van der Waals surface area contributed by atoms with Crippen molar-refractivity contribution in [2.24, 2.45) is 0 Å². The molecule has 1 N–H and O–H groups in total. The summed E-state index contributed by atoms with van der Waals surface area (Å²) in [5, 5.41) is 3.64. The number of nitrogens with one attached hydrogen (secondary N) is 1. The van der Waals surface area contributed by atoms with Crippen LogP contribution in [0.3, 0.4) is 0 Å². The molecule has 1 aromatic carbocycles. The Hall–Kier alpha value is -2.65. The lowest BCUT2D eigenvalue weighted by Crippen LogP contribution is -2.32. The van der Waals surface area contributed by atoms with Gasteiger partial charge < -0.3 is 14.2 Å². The van der Waals surface area contributed by atoms with Gasteiger partial charge in [0.1, 0.15) is 22.9 Å². The minimum atomic E-state index is -3.77. The first-order chi connectivity index (χ1) is 13.2. The summed E-state index contributed by atoms with van der Waals surface area (Å²) in [6, 6.07) is 7.41. The molecule has 2 aromatic rings. The number of hydrogen-bond donors (Lipinski definition) is 1. The highest BCUT2D eigenvalue weighted by Gasteiger charge is 2.24. The van der Waals surface area contributed by atoms with E-state index >= 15 is 0 Å². The van der Waals surface area contributed by atoms with Gasteiger partial charge in [0.05, 0.1) is 0 Å². The molecule has 8 nitrogen and oxygen atoms in total. The zero-order chi connectivity index (χ0) is 20.7. The van der Waals surface area contributed by atoms with Crippen LogP contribution in [0, 0.1) is 13.8 Å². The molecule has 1 aromatic heterocycles. The number of rotatable bonds is 10. The molecule has 0 radical (unpaired) electrons. The van der Waals surface area contributed by atoms with Gasteiger partial charge in [-0.1, -0.05) is 29.9 Å². The molecule has 0 aliphatic rings. The van der Waals surface area contributed by atoms with E-state index in [2.05, 4.69) is 16.5 Å². The van der Waals surface area contributed by atoms with Crippen molar-refractivity contribution in [3.63, 3.8) is 0 Å². The normalized spacial score (nSPS) is 11.2. The largest absolute Gasteiger partial charge is 0.490 e. The molecule has 0 saturated heterocycles. The van der Waals surface area contributed by atoms with Gasteiger partial charge in [-0.05, 0) is 31.5 Å². The Kier molecular flexibility index (Phi) is 7.36. The van der Waals surface area contributed by atoms with Gasteiger partial charge in [0, 0.05) is 26.6 Å². The van der Waals surface area contributed by atoms with E-state index in [1.807, 2.05) is 24.3 Å². The highest BCUT2D eigenvalue weighted by molar-refractivity contribution is 7.89. The van der Waals surface area contributed by atoms with Gasteiger partial charge in [-0.25, -0.2) is 13.1 Å². The fourth-order valence-corrected chi connectivity index (χ4v) is 3.98. The second kappa shape index (κ2) is 9.52. The lowest BCUT2D eigenvalue weighted by atomic mass is 10.2. The Bertz CT molecular complexity index is 900. The fourth-order valence-electron chi connectivity index (χ4n) is 2.62. The summed E-state index contributed by atoms with van der Waals surface area (Å²) in [4.78, 5) is 13.9. The van der Waals surface area contributed by atoms with Gasteiger partial charge >= 0.3 is 0 Å². The quantitative estimate of drug-likeness (QED) is 0.606. The van der Waals surface area contributed by atoms with Crippen molar-refractivity contribution in [3.8, 4) is 5.75 Å². The third kappa shape index (κ3) is 5.67. The van der Waals surface area contributed by atoms with Gasteiger partial charge in [-0.15, -0.1) is 0 Å². The summed E-state index contributed by atoms with van der Waals surface area (Å²) < 4.78 is 37.4. The summed E-state index contributed by atoms with van der Waals surface area (Å²) in [6.45, 7) is 7.51. The van der Waals surface area contributed by atoms with Crippen LogP contribution >= 0.6 is 0 Å². The molecule has 0 atom stereocenters. The predicted molar refractivity (Wildman–Crippen MR) is 104 cm³/mol. The van der Waals surface area contributed by atoms with E-state index in [4.69, 9.17) is 9.26 Å². The predicted octanol–water partition coefficient (Wildman–Crippen LogP) is 2.18. The van der Waals surface area contributed by atoms with Crippen molar-refractivity contribution in [3.05, 3.63) is 53.9 Å². The maximum absolute atomic E-state index is 12.3. The van der Waals surface area contributed by atoms with Crippen LogP contribution in [0.2, 0.25) is 0 Å². The molecular weight excluding hydrogens is 382 g/mol. The van der Waals surface area contributed by atoms with Crippen molar-refractivity contribution in [2.75, 3.05) is 20.2 Å². The number of ether oxygens (including phenoxy) is 1. The molecular formula is C19H25N3O5S. The third-order valence-electron chi connectivity index (χ3n) is 4.00. The second-order valence-corrected chi connectivity index (χ2v) is 8.00. The average molecular weight is 407 g/mol. The molecule has 1 amide bonds. The van der Waals surface area contributed by atoms with Gasteiger partial charge in [-0.2, -0.15) is 0 Å². The molecule has 9 heteroatoms. The van der Waals surface area contributed by atoms with Gasteiger partial charge in [0.25, 0.3) is 0 Å². The Balaban J connectivity index is 1.85. The highest BCUT2D eigenvalue weighted by Crippen LogP contribution is 2.18. The number of amides is 1. The van der Waals surface area contributed by atoms with Crippen molar-refractivity contribution < 1.29 is 22.5 Å². The van der Waals surface area contributed by atoms with Crippen LogP contribution in [0.4, 0.5) is 0 Å². The van der Waals surface area contributed by atoms with Crippen LogP contribution in [0.1, 0.15) is 23.4 Å². The maximum Gasteiger partial charge on any atom is 0.245 e. The van der Waals surface area contributed by atoms with Gasteiger partial charge in [0.2, 0.25) is 15.9 Å². The summed E-state index contributed by atoms with van der Waals surface area (Å²) >= 11 is 0. The van der Waals surface area contributed by atoms with Crippen LogP contribution < -0.4 is 9.46 Å². The number of carbonyl (C=O) groups is 1. The molecule has 0 unspecified atom stereocenters. The van der Waals surface area contributed by atoms with E-state index in [0.717, 1.165) is 11.3 Å². The average Bonchev–Trinajstić information content (AvgIpc) is 3.00. The Morgan fingerprint density at radius 1 is 1.32 bits per heavy atom. The Morgan fingerprint density at radius 2 is 2.00 bits per heavy atom. The van der Waals surface area contributed by atoms with Gasteiger partial charge in [0.15, 0.2) is 5.76 Å². The minimum Gasteiger partial charge on any atom is -0.490 e.